The van der Waals surface area contributed by atoms with Gasteiger partial charge in [0.25, 0.3) is 0 Å². The van der Waals surface area contributed by atoms with Gasteiger partial charge in [-0.05, 0) is 91.9 Å². The van der Waals surface area contributed by atoms with E-state index in [-0.39, 0.29) is 5.97 Å². The minimum Gasteiger partial charge on any atom is -0.490 e. The van der Waals surface area contributed by atoms with Crippen molar-refractivity contribution in [2.45, 2.75) is 49.9 Å². The summed E-state index contributed by atoms with van der Waals surface area (Å²) < 4.78 is 48.8. The molecule has 0 aliphatic rings. The Balaban J connectivity index is 1.57. The Labute approximate surface area is 220 Å². The van der Waals surface area contributed by atoms with Crippen LogP contribution in [0.3, 0.4) is 0 Å². The molecule has 0 heterocycles. The summed E-state index contributed by atoms with van der Waals surface area (Å²) in [5.41, 5.74) is 2.95. The molecule has 37 heavy (non-hydrogen) atoms. The van der Waals surface area contributed by atoms with Gasteiger partial charge in [-0.3, -0.25) is 4.79 Å². The van der Waals surface area contributed by atoms with E-state index in [1.807, 2.05) is 75.4 Å². The molecule has 3 nitrogen and oxygen atoms in total. The van der Waals surface area contributed by atoms with Crippen LogP contribution in [0.4, 0.5) is 13.2 Å². The highest BCUT2D eigenvalue weighted by atomic mass is 32.2. The average Bonchev–Trinajstić information content (AvgIpc) is 2.89. The number of carbonyl (C=O) groups is 1. The number of thioether (sulfide) groups is 1. The lowest BCUT2D eigenvalue weighted by Crippen LogP contribution is -2.32. The van der Waals surface area contributed by atoms with Crippen LogP contribution in [0.5, 0.6) is 5.75 Å². The molecule has 0 saturated heterocycles. The summed E-state index contributed by atoms with van der Waals surface area (Å²) in [4.78, 5) is 13.3. The molecule has 0 amide bonds. The number of hydrogen-bond acceptors (Lipinski definition) is 4. The molecule has 0 aliphatic heterocycles. The van der Waals surface area contributed by atoms with Crippen molar-refractivity contribution in [2.24, 2.45) is 0 Å². The van der Waals surface area contributed by atoms with E-state index in [0.29, 0.717) is 19.6 Å². The predicted octanol–water partition coefficient (Wildman–Crippen LogP) is 8.68. The smallest absolute Gasteiger partial charge is 0.416 e. The van der Waals surface area contributed by atoms with Gasteiger partial charge in [-0.15, -0.1) is 11.8 Å². The van der Waals surface area contributed by atoms with Crippen LogP contribution in [0.1, 0.15) is 45.2 Å². The van der Waals surface area contributed by atoms with E-state index in [9.17, 15) is 18.0 Å². The highest BCUT2D eigenvalue weighted by molar-refractivity contribution is 8.01. The third-order valence-corrected chi connectivity index (χ3v) is 7.49. The maximum Gasteiger partial charge on any atom is 0.416 e. The molecule has 3 aromatic carbocycles. The van der Waals surface area contributed by atoms with Crippen LogP contribution in [-0.2, 0) is 15.7 Å². The van der Waals surface area contributed by atoms with Gasteiger partial charge in [-0.1, -0.05) is 43.3 Å². The monoisotopic (exact) mass is 528 g/mol. The first-order valence-corrected chi connectivity index (χ1v) is 12.9. The topological polar surface area (TPSA) is 35.5 Å². The standard InChI is InChI=1S/C30H31F3O3S/c1-5-29(4,28(34)35-6-2)37-27-17-15-26(16-18-27)36-20-19-21(3)22-7-9-23(10-8-22)24-11-13-25(14-12-24)30(31,32)33/h7-19H,5-6,20H2,1-4H3. The van der Waals surface area contributed by atoms with Crippen LogP contribution in [0, 0.1) is 0 Å². The SMILES string of the molecule is CCOC(=O)C(C)(CC)Sc1ccc(OCC=C(C)c2ccc(-c3ccc(C(F)(F)F)cc3)cc2)cc1. The normalized spacial score (nSPS) is 13.6. The molecule has 1 atom stereocenters. The van der Waals surface area contributed by atoms with E-state index >= 15 is 0 Å². The molecule has 7 heteroatoms. The van der Waals surface area contributed by atoms with E-state index in [4.69, 9.17) is 9.47 Å². The summed E-state index contributed by atoms with van der Waals surface area (Å²) in [6.45, 7) is 8.39. The second-order valence-electron chi connectivity index (χ2n) is 8.73. The highest BCUT2D eigenvalue weighted by Crippen LogP contribution is 2.37. The first-order chi connectivity index (χ1) is 17.6. The Morgan fingerprint density at radius 3 is 1.97 bits per heavy atom. The van der Waals surface area contributed by atoms with Crippen molar-refractivity contribution >= 4 is 23.3 Å². The average molecular weight is 529 g/mol. The molecule has 0 radical (unpaired) electrons. The number of hydrogen-bond donors (Lipinski definition) is 0. The third-order valence-electron chi connectivity index (χ3n) is 6.07. The van der Waals surface area contributed by atoms with Crippen molar-refractivity contribution in [3.8, 4) is 16.9 Å². The molecule has 0 saturated carbocycles. The zero-order valence-electron chi connectivity index (χ0n) is 21.4. The zero-order valence-corrected chi connectivity index (χ0v) is 22.2. The number of rotatable bonds is 10. The third kappa shape index (κ3) is 7.65. The maximum atomic E-state index is 12.8. The largest absolute Gasteiger partial charge is 0.490 e. The molecule has 0 aromatic heterocycles. The fourth-order valence-corrected chi connectivity index (χ4v) is 4.64. The summed E-state index contributed by atoms with van der Waals surface area (Å²) in [5.74, 6) is 0.510. The summed E-state index contributed by atoms with van der Waals surface area (Å²) in [6, 6.07) is 20.5. The lowest BCUT2D eigenvalue weighted by molar-refractivity contribution is -0.145. The van der Waals surface area contributed by atoms with E-state index in [2.05, 4.69) is 0 Å². The quantitative estimate of drug-likeness (QED) is 0.195. The van der Waals surface area contributed by atoms with Crippen LogP contribution in [0.2, 0.25) is 0 Å². The van der Waals surface area contributed by atoms with Crippen LogP contribution < -0.4 is 4.74 Å². The van der Waals surface area contributed by atoms with E-state index in [1.165, 1.54) is 23.9 Å². The van der Waals surface area contributed by atoms with Gasteiger partial charge in [0.05, 0.1) is 12.2 Å². The van der Waals surface area contributed by atoms with E-state index in [1.54, 1.807) is 6.92 Å². The minimum atomic E-state index is -4.34. The van der Waals surface area contributed by atoms with Crippen molar-refractivity contribution in [1.29, 1.82) is 0 Å². The van der Waals surface area contributed by atoms with E-state index < -0.39 is 16.5 Å². The van der Waals surface area contributed by atoms with Crippen molar-refractivity contribution in [2.75, 3.05) is 13.2 Å². The molecule has 0 bridgehead atoms. The second-order valence-corrected chi connectivity index (χ2v) is 10.3. The minimum absolute atomic E-state index is 0.212. The molecule has 0 spiro atoms. The molecular weight excluding hydrogens is 497 g/mol. The van der Waals surface area contributed by atoms with Gasteiger partial charge < -0.3 is 9.47 Å². The van der Waals surface area contributed by atoms with Crippen molar-refractivity contribution < 1.29 is 27.4 Å². The molecule has 196 valence electrons. The Kier molecular flexibility index (Phi) is 9.49. The number of halogens is 3. The highest BCUT2D eigenvalue weighted by Gasteiger charge is 2.34. The van der Waals surface area contributed by atoms with Gasteiger partial charge in [-0.25, -0.2) is 0 Å². The second kappa shape index (κ2) is 12.4. The number of benzene rings is 3. The maximum absolute atomic E-state index is 12.8. The van der Waals surface area contributed by atoms with Gasteiger partial charge in [-0.2, -0.15) is 13.2 Å². The fraction of sp³-hybridized carbons (Fsp3) is 0.300. The summed E-state index contributed by atoms with van der Waals surface area (Å²) in [5, 5.41) is 0. The lowest BCUT2D eigenvalue weighted by atomic mass is 10.00. The van der Waals surface area contributed by atoms with Gasteiger partial charge in [0.2, 0.25) is 0 Å². The first-order valence-electron chi connectivity index (χ1n) is 12.1. The van der Waals surface area contributed by atoms with Crippen molar-refractivity contribution in [3.63, 3.8) is 0 Å². The number of ether oxygens (including phenoxy) is 2. The van der Waals surface area contributed by atoms with Crippen LogP contribution in [-0.4, -0.2) is 23.9 Å². The number of alkyl halides is 3. The molecule has 0 N–H and O–H groups in total. The number of esters is 1. The fourth-order valence-electron chi connectivity index (χ4n) is 3.56. The van der Waals surface area contributed by atoms with Gasteiger partial charge >= 0.3 is 12.1 Å². The summed E-state index contributed by atoms with van der Waals surface area (Å²) >= 11 is 1.48. The Hall–Kier alpha value is -3.19. The Bertz CT molecular complexity index is 1200. The molecule has 0 fully saturated rings. The number of allylic oxidation sites excluding steroid dienone is 1. The van der Waals surface area contributed by atoms with E-state index in [0.717, 1.165) is 45.0 Å². The van der Waals surface area contributed by atoms with Gasteiger partial charge in [0.1, 0.15) is 17.1 Å². The summed E-state index contributed by atoms with van der Waals surface area (Å²) in [6.07, 6.45) is -1.71. The Morgan fingerprint density at radius 1 is 0.892 bits per heavy atom. The van der Waals surface area contributed by atoms with Crippen molar-refractivity contribution in [1.82, 2.24) is 0 Å². The van der Waals surface area contributed by atoms with Crippen LogP contribution in [0.15, 0.2) is 83.8 Å². The van der Waals surface area contributed by atoms with Crippen molar-refractivity contribution in [3.05, 3.63) is 90.0 Å². The van der Waals surface area contributed by atoms with Gasteiger partial charge in [0, 0.05) is 4.90 Å². The molecule has 0 aliphatic carbocycles. The molecule has 3 aromatic rings. The molecule has 3 rings (SSSR count). The molecule has 1 unspecified atom stereocenters. The predicted molar refractivity (Wildman–Crippen MR) is 144 cm³/mol. The number of carbonyl (C=O) groups excluding carboxylic acids is 1. The zero-order chi connectivity index (χ0) is 27.1. The van der Waals surface area contributed by atoms with Crippen LogP contribution >= 0.6 is 11.8 Å². The van der Waals surface area contributed by atoms with Crippen LogP contribution in [0.25, 0.3) is 16.7 Å². The lowest BCUT2D eigenvalue weighted by Gasteiger charge is -2.25. The summed E-state index contributed by atoms with van der Waals surface area (Å²) in [7, 11) is 0. The van der Waals surface area contributed by atoms with Gasteiger partial charge in [0.15, 0.2) is 0 Å². The Morgan fingerprint density at radius 2 is 1.46 bits per heavy atom. The first kappa shape index (κ1) is 28.4. The molecular formula is C30H31F3O3S.